The second kappa shape index (κ2) is 7.79. The van der Waals surface area contributed by atoms with Gasteiger partial charge in [-0.1, -0.05) is 12.1 Å². The van der Waals surface area contributed by atoms with Crippen molar-refractivity contribution >= 4 is 16.7 Å². The monoisotopic (exact) mass is 406 g/mol. The van der Waals surface area contributed by atoms with Gasteiger partial charge < -0.3 is 4.90 Å². The van der Waals surface area contributed by atoms with E-state index in [-0.39, 0.29) is 0 Å². The Balaban J connectivity index is 1.35. The molecule has 0 atom stereocenters. The van der Waals surface area contributed by atoms with Gasteiger partial charge in [0.15, 0.2) is 0 Å². The molecule has 0 bridgehead atoms. The first-order chi connectivity index (χ1) is 14.7. The zero-order valence-corrected chi connectivity index (χ0v) is 16.2. The summed E-state index contributed by atoms with van der Waals surface area (Å²) in [5.74, 6) is -0.143. The summed E-state index contributed by atoms with van der Waals surface area (Å²) in [7, 11) is 0. The van der Waals surface area contributed by atoms with Gasteiger partial charge in [-0.15, -0.1) is 0 Å². The third-order valence-corrected chi connectivity index (χ3v) is 5.53. The van der Waals surface area contributed by atoms with Crippen molar-refractivity contribution in [2.75, 3.05) is 31.1 Å². The molecule has 1 aliphatic heterocycles. The van der Waals surface area contributed by atoms with Gasteiger partial charge in [0.25, 0.3) is 0 Å². The minimum absolute atomic E-state index is 0.467. The van der Waals surface area contributed by atoms with Gasteiger partial charge in [-0.25, -0.2) is 18.7 Å². The lowest BCUT2D eigenvalue weighted by molar-refractivity contribution is 0.246. The molecule has 4 aromatic rings. The molecular weight excluding hydrogens is 386 g/mol. The number of halogens is 2. The standard InChI is InChI=1S/C22H20F2N6/c23-18-3-1-16(20(24)10-18)13-29-5-7-30(8-6-29)22-19-9-15(17-11-27-28-12-17)2-4-21(19)25-14-26-22/h1-4,9-12,14H,5-8,13H2,(H,27,28). The second-order valence-electron chi connectivity index (χ2n) is 7.42. The van der Waals surface area contributed by atoms with Gasteiger partial charge >= 0.3 is 0 Å². The molecule has 0 aliphatic carbocycles. The quantitative estimate of drug-likeness (QED) is 0.561. The number of fused-ring (bicyclic) bond motifs is 1. The van der Waals surface area contributed by atoms with Crippen LogP contribution < -0.4 is 4.90 Å². The SMILES string of the molecule is Fc1ccc(CN2CCN(c3ncnc4ccc(-c5cn[nH]c5)cc34)CC2)c(F)c1. The van der Waals surface area contributed by atoms with Gasteiger partial charge in [-0.2, -0.15) is 5.10 Å². The minimum Gasteiger partial charge on any atom is -0.353 e. The van der Waals surface area contributed by atoms with Crippen molar-refractivity contribution in [2.24, 2.45) is 0 Å². The van der Waals surface area contributed by atoms with Crippen LogP contribution in [-0.4, -0.2) is 51.2 Å². The van der Waals surface area contributed by atoms with Crippen molar-refractivity contribution in [2.45, 2.75) is 6.54 Å². The lowest BCUT2D eigenvalue weighted by Gasteiger charge is -2.35. The van der Waals surface area contributed by atoms with Gasteiger partial charge in [0, 0.05) is 61.5 Å². The number of nitrogens with zero attached hydrogens (tertiary/aromatic N) is 5. The maximum atomic E-state index is 14.0. The van der Waals surface area contributed by atoms with Crippen molar-refractivity contribution in [1.82, 2.24) is 25.1 Å². The smallest absolute Gasteiger partial charge is 0.139 e. The van der Waals surface area contributed by atoms with E-state index >= 15 is 0 Å². The fourth-order valence-electron chi connectivity index (χ4n) is 3.89. The Bertz CT molecular complexity index is 1170. The van der Waals surface area contributed by atoms with Crippen LogP contribution in [-0.2, 0) is 6.54 Å². The van der Waals surface area contributed by atoms with Crippen molar-refractivity contribution in [3.63, 3.8) is 0 Å². The molecule has 0 spiro atoms. The Morgan fingerprint density at radius 3 is 2.57 bits per heavy atom. The molecule has 0 radical (unpaired) electrons. The van der Waals surface area contributed by atoms with Crippen LogP contribution in [0, 0.1) is 11.6 Å². The van der Waals surface area contributed by atoms with Crippen molar-refractivity contribution in [3.8, 4) is 11.1 Å². The first-order valence-corrected chi connectivity index (χ1v) is 9.82. The van der Waals surface area contributed by atoms with Crippen molar-refractivity contribution in [3.05, 3.63) is 72.3 Å². The maximum absolute atomic E-state index is 14.0. The number of piperazine rings is 1. The Hall–Kier alpha value is -3.39. The summed E-state index contributed by atoms with van der Waals surface area (Å²) < 4.78 is 27.1. The number of rotatable bonds is 4. The van der Waals surface area contributed by atoms with Crippen LogP contribution in [0.2, 0.25) is 0 Å². The molecule has 6 nitrogen and oxygen atoms in total. The van der Waals surface area contributed by atoms with Gasteiger partial charge in [0.2, 0.25) is 0 Å². The maximum Gasteiger partial charge on any atom is 0.139 e. The molecule has 1 aliphatic rings. The minimum atomic E-state index is -0.550. The normalized spacial score (nSPS) is 15.1. The number of aromatic amines is 1. The second-order valence-corrected chi connectivity index (χ2v) is 7.42. The summed E-state index contributed by atoms with van der Waals surface area (Å²) in [4.78, 5) is 13.4. The largest absolute Gasteiger partial charge is 0.353 e. The van der Waals surface area contributed by atoms with Crippen molar-refractivity contribution in [1.29, 1.82) is 0 Å². The van der Waals surface area contributed by atoms with E-state index in [1.807, 2.05) is 18.3 Å². The van der Waals surface area contributed by atoms with Crippen LogP contribution in [0.1, 0.15) is 5.56 Å². The predicted octanol–water partition coefficient (Wildman–Crippen LogP) is 3.62. The highest BCUT2D eigenvalue weighted by Gasteiger charge is 2.21. The van der Waals surface area contributed by atoms with Gasteiger partial charge in [0.05, 0.1) is 11.7 Å². The molecule has 152 valence electrons. The van der Waals surface area contributed by atoms with Crippen LogP contribution in [0.15, 0.2) is 55.1 Å². The Labute approximate surface area is 172 Å². The van der Waals surface area contributed by atoms with E-state index in [2.05, 4.69) is 36.0 Å². The summed E-state index contributed by atoms with van der Waals surface area (Å²) in [5.41, 5.74) is 3.47. The Morgan fingerprint density at radius 1 is 0.933 bits per heavy atom. The summed E-state index contributed by atoms with van der Waals surface area (Å²) in [5, 5.41) is 7.86. The molecule has 1 N–H and O–H groups in total. The first kappa shape index (κ1) is 18.6. The number of hydrogen-bond acceptors (Lipinski definition) is 5. The number of benzene rings is 2. The van der Waals surface area contributed by atoms with Crippen LogP contribution in [0.25, 0.3) is 22.0 Å². The van der Waals surface area contributed by atoms with Crippen molar-refractivity contribution < 1.29 is 8.78 Å². The molecule has 0 amide bonds. The third kappa shape index (κ3) is 3.61. The van der Waals surface area contributed by atoms with Gasteiger partial charge in [-0.3, -0.25) is 10.00 Å². The highest BCUT2D eigenvalue weighted by Crippen LogP contribution is 2.29. The Morgan fingerprint density at radius 2 is 1.80 bits per heavy atom. The average molecular weight is 406 g/mol. The highest BCUT2D eigenvalue weighted by atomic mass is 19.1. The molecule has 2 aromatic carbocycles. The van der Waals surface area contributed by atoms with E-state index in [9.17, 15) is 8.78 Å². The molecule has 3 heterocycles. The number of anilines is 1. The molecule has 2 aromatic heterocycles. The highest BCUT2D eigenvalue weighted by molar-refractivity contribution is 5.92. The fraction of sp³-hybridized carbons (Fsp3) is 0.227. The van der Waals surface area contributed by atoms with E-state index in [1.54, 1.807) is 12.5 Å². The Kier molecular flexibility index (Phi) is 4.84. The van der Waals surface area contributed by atoms with Crippen LogP contribution >= 0.6 is 0 Å². The average Bonchev–Trinajstić information content (AvgIpc) is 3.30. The van der Waals surface area contributed by atoms with E-state index in [4.69, 9.17) is 0 Å². The molecular formula is C22H20F2N6. The van der Waals surface area contributed by atoms with E-state index in [0.29, 0.717) is 12.1 Å². The first-order valence-electron chi connectivity index (χ1n) is 9.82. The molecule has 8 heteroatoms. The summed E-state index contributed by atoms with van der Waals surface area (Å²) in [6.07, 6.45) is 5.24. The zero-order chi connectivity index (χ0) is 20.5. The fourth-order valence-corrected chi connectivity index (χ4v) is 3.89. The van der Waals surface area contributed by atoms with E-state index < -0.39 is 11.6 Å². The molecule has 30 heavy (non-hydrogen) atoms. The van der Waals surface area contributed by atoms with Crippen LogP contribution in [0.5, 0.6) is 0 Å². The van der Waals surface area contributed by atoms with Crippen LogP contribution in [0.3, 0.4) is 0 Å². The number of nitrogens with one attached hydrogen (secondary N) is 1. The lowest BCUT2D eigenvalue weighted by atomic mass is 10.1. The van der Waals surface area contributed by atoms with Gasteiger partial charge in [-0.05, 0) is 23.8 Å². The number of aromatic nitrogens is 4. The summed E-state index contributed by atoms with van der Waals surface area (Å²) in [6, 6.07) is 9.88. The molecule has 1 fully saturated rings. The topological polar surface area (TPSA) is 60.9 Å². The molecule has 0 unspecified atom stereocenters. The molecule has 1 saturated heterocycles. The summed E-state index contributed by atoms with van der Waals surface area (Å²) in [6.45, 7) is 3.54. The van der Waals surface area contributed by atoms with Gasteiger partial charge in [0.1, 0.15) is 23.8 Å². The molecule has 0 saturated carbocycles. The van der Waals surface area contributed by atoms with E-state index in [0.717, 1.165) is 60.1 Å². The number of hydrogen-bond donors (Lipinski definition) is 1. The lowest BCUT2D eigenvalue weighted by Crippen LogP contribution is -2.46. The third-order valence-electron chi connectivity index (χ3n) is 5.53. The van der Waals surface area contributed by atoms with Crippen LogP contribution in [0.4, 0.5) is 14.6 Å². The summed E-state index contributed by atoms with van der Waals surface area (Å²) >= 11 is 0. The predicted molar refractivity (Wildman–Crippen MR) is 111 cm³/mol. The molecule has 5 rings (SSSR count). The zero-order valence-electron chi connectivity index (χ0n) is 16.2. The number of H-pyrrole nitrogens is 1. The van der Waals surface area contributed by atoms with E-state index in [1.165, 1.54) is 12.1 Å².